The van der Waals surface area contributed by atoms with Crippen LogP contribution in [0.3, 0.4) is 0 Å². The molecule has 3 heteroatoms. The second kappa shape index (κ2) is 6.60. The molecule has 1 saturated heterocycles. The van der Waals surface area contributed by atoms with E-state index in [4.69, 9.17) is 9.47 Å². The summed E-state index contributed by atoms with van der Waals surface area (Å²) in [6.45, 7) is 12.6. The van der Waals surface area contributed by atoms with E-state index in [1.807, 2.05) is 0 Å². The highest BCUT2D eigenvalue weighted by atomic mass is 16.6. The summed E-state index contributed by atoms with van der Waals surface area (Å²) in [5, 5.41) is 0. The molecule has 1 heterocycles. The van der Waals surface area contributed by atoms with Crippen molar-refractivity contribution >= 4 is 5.97 Å². The molecule has 1 aliphatic heterocycles. The molecule has 0 spiro atoms. The van der Waals surface area contributed by atoms with E-state index in [2.05, 4.69) is 27.4 Å². The normalized spacial score (nSPS) is 18.2. The van der Waals surface area contributed by atoms with E-state index in [0.717, 1.165) is 5.92 Å². The number of epoxide rings is 1. The molecule has 0 aliphatic carbocycles. The Labute approximate surface area is 86.1 Å². The highest BCUT2D eigenvalue weighted by Gasteiger charge is 2.24. The van der Waals surface area contributed by atoms with Crippen LogP contribution >= 0.6 is 0 Å². The van der Waals surface area contributed by atoms with Gasteiger partial charge in [0, 0.05) is 5.57 Å². The Morgan fingerprint density at radius 2 is 2.00 bits per heavy atom. The van der Waals surface area contributed by atoms with Gasteiger partial charge < -0.3 is 9.47 Å². The number of hydrogen-bond acceptors (Lipinski definition) is 3. The summed E-state index contributed by atoms with van der Waals surface area (Å²) >= 11 is 0. The van der Waals surface area contributed by atoms with Gasteiger partial charge >= 0.3 is 5.97 Å². The van der Waals surface area contributed by atoms with E-state index in [-0.39, 0.29) is 12.1 Å². The number of ether oxygens (including phenoxy) is 2. The Kier molecular flexibility index (Phi) is 6.21. The zero-order valence-corrected chi connectivity index (χ0v) is 9.50. The molecule has 1 rings (SSSR count). The summed E-state index contributed by atoms with van der Waals surface area (Å²) in [5.74, 6) is 0.496. The molecule has 0 N–H and O–H groups in total. The summed E-state index contributed by atoms with van der Waals surface area (Å²) in [7, 11) is 0. The molecule has 0 aromatic rings. The lowest BCUT2D eigenvalue weighted by atomic mass is 10.3. The van der Waals surface area contributed by atoms with E-state index >= 15 is 0 Å². The van der Waals surface area contributed by atoms with E-state index < -0.39 is 0 Å². The van der Waals surface area contributed by atoms with Gasteiger partial charge in [-0.05, 0) is 12.8 Å². The second-order valence-corrected chi connectivity index (χ2v) is 4.07. The predicted molar refractivity (Wildman–Crippen MR) is 56.0 cm³/mol. The molecular weight excluding hydrogens is 180 g/mol. The molecule has 0 aromatic carbocycles. The number of hydrogen-bond donors (Lipinski definition) is 0. The Bertz CT molecular complexity index is 190. The molecule has 3 nitrogen and oxygen atoms in total. The summed E-state index contributed by atoms with van der Waals surface area (Å²) < 4.78 is 9.60. The van der Waals surface area contributed by atoms with Crippen molar-refractivity contribution in [2.45, 2.75) is 33.8 Å². The minimum absolute atomic E-state index is 0.142. The first kappa shape index (κ1) is 13.2. The van der Waals surface area contributed by atoms with Gasteiger partial charge in [0.1, 0.15) is 12.7 Å². The van der Waals surface area contributed by atoms with Crippen molar-refractivity contribution in [3.8, 4) is 0 Å². The summed E-state index contributed by atoms with van der Waals surface area (Å²) in [5.41, 5.74) is 0.431. The molecule has 1 unspecified atom stereocenters. The van der Waals surface area contributed by atoms with Crippen molar-refractivity contribution in [2.24, 2.45) is 5.92 Å². The zero-order valence-electron chi connectivity index (χ0n) is 9.50. The van der Waals surface area contributed by atoms with Crippen molar-refractivity contribution in [2.75, 3.05) is 13.2 Å². The van der Waals surface area contributed by atoms with Crippen LogP contribution in [0.25, 0.3) is 0 Å². The number of carbonyl (C=O) groups is 1. The fourth-order valence-corrected chi connectivity index (χ4v) is 0.456. The fraction of sp³-hybridized carbons (Fsp3) is 0.727. The maximum Gasteiger partial charge on any atom is 0.333 e. The molecular formula is C11H20O3. The number of carbonyl (C=O) groups excluding carboxylic acids is 1. The van der Waals surface area contributed by atoms with Gasteiger partial charge in [-0.25, -0.2) is 4.79 Å². The van der Waals surface area contributed by atoms with Gasteiger partial charge in [0.2, 0.25) is 0 Å². The minimum Gasteiger partial charge on any atom is -0.459 e. The van der Waals surface area contributed by atoms with Gasteiger partial charge in [-0.3, -0.25) is 0 Å². The lowest BCUT2D eigenvalue weighted by Gasteiger charge is -1.99. The first-order valence-electron chi connectivity index (χ1n) is 4.87. The predicted octanol–water partition coefficient (Wildman–Crippen LogP) is 2.17. The second-order valence-electron chi connectivity index (χ2n) is 4.07. The quantitative estimate of drug-likeness (QED) is 0.398. The van der Waals surface area contributed by atoms with Crippen LogP contribution in [0.5, 0.6) is 0 Å². The third-order valence-corrected chi connectivity index (χ3v) is 1.15. The van der Waals surface area contributed by atoms with Crippen LogP contribution in [0.2, 0.25) is 0 Å². The Morgan fingerprint density at radius 3 is 2.29 bits per heavy atom. The topological polar surface area (TPSA) is 38.8 Å². The smallest absolute Gasteiger partial charge is 0.333 e. The van der Waals surface area contributed by atoms with Crippen molar-refractivity contribution in [3.63, 3.8) is 0 Å². The molecule has 0 radical (unpaired) electrons. The standard InChI is InChI=1S/C7H10O3.C4H10/c1-5(2)7(8)10-4-6-3-9-6;1-4(2)3/h6H,1,3-4H2,2H3;4H,1-3H3. The monoisotopic (exact) mass is 200 g/mol. The highest BCUT2D eigenvalue weighted by molar-refractivity contribution is 5.86. The summed E-state index contributed by atoms with van der Waals surface area (Å²) in [6.07, 6.45) is 0.142. The largest absolute Gasteiger partial charge is 0.459 e. The average Bonchev–Trinajstić information content (AvgIpc) is 2.81. The van der Waals surface area contributed by atoms with Crippen LogP contribution < -0.4 is 0 Å². The summed E-state index contributed by atoms with van der Waals surface area (Å²) in [6, 6.07) is 0. The van der Waals surface area contributed by atoms with Crippen LogP contribution in [-0.2, 0) is 14.3 Å². The molecule has 0 bridgehead atoms. The van der Waals surface area contributed by atoms with Crippen LogP contribution in [0, 0.1) is 5.92 Å². The Hall–Kier alpha value is -0.830. The molecule has 1 atom stereocenters. The Balaban J connectivity index is 0.000000364. The maximum atomic E-state index is 10.7. The lowest BCUT2D eigenvalue weighted by molar-refractivity contribution is -0.139. The maximum absolute atomic E-state index is 10.7. The van der Waals surface area contributed by atoms with Crippen LogP contribution in [-0.4, -0.2) is 25.3 Å². The van der Waals surface area contributed by atoms with Gasteiger partial charge in [0.05, 0.1) is 6.61 Å². The van der Waals surface area contributed by atoms with Gasteiger partial charge in [-0.2, -0.15) is 0 Å². The fourth-order valence-electron chi connectivity index (χ4n) is 0.456. The molecule has 1 aliphatic rings. The molecule has 1 fully saturated rings. The van der Waals surface area contributed by atoms with E-state index in [9.17, 15) is 4.79 Å². The van der Waals surface area contributed by atoms with Gasteiger partial charge in [0.25, 0.3) is 0 Å². The van der Waals surface area contributed by atoms with Crippen molar-refractivity contribution in [1.82, 2.24) is 0 Å². The zero-order chi connectivity index (χ0) is 11.1. The molecule has 82 valence electrons. The number of rotatable bonds is 3. The molecule has 0 aromatic heterocycles. The first-order chi connectivity index (χ1) is 6.43. The van der Waals surface area contributed by atoms with Gasteiger partial charge in [0.15, 0.2) is 0 Å². The SMILES string of the molecule is C=C(C)C(=O)OCC1CO1.CC(C)C. The first-order valence-corrected chi connectivity index (χ1v) is 4.87. The minimum atomic E-state index is -0.337. The molecule has 0 saturated carbocycles. The van der Waals surface area contributed by atoms with Crippen LogP contribution in [0.1, 0.15) is 27.7 Å². The lowest BCUT2D eigenvalue weighted by Crippen LogP contribution is -2.09. The third-order valence-electron chi connectivity index (χ3n) is 1.15. The third kappa shape index (κ3) is 9.26. The molecule has 0 amide bonds. The van der Waals surface area contributed by atoms with Crippen molar-refractivity contribution in [3.05, 3.63) is 12.2 Å². The summed E-state index contributed by atoms with van der Waals surface area (Å²) in [4.78, 5) is 10.7. The van der Waals surface area contributed by atoms with E-state index in [1.54, 1.807) is 6.92 Å². The highest BCUT2D eigenvalue weighted by Crippen LogP contribution is 2.09. The van der Waals surface area contributed by atoms with Gasteiger partial charge in [-0.1, -0.05) is 27.4 Å². The average molecular weight is 200 g/mol. The van der Waals surface area contributed by atoms with Crippen LogP contribution in [0.4, 0.5) is 0 Å². The van der Waals surface area contributed by atoms with Crippen molar-refractivity contribution in [1.29, 1.82) is 0 Å². The van der Waals surface area contributed by atoms with E-state index in [0.29, 0.717) is 18.8 Å². The van der Waals surface area contributed by atoms with Crippen LogP contribution in [0.15, 0.2) is 12.2 Å². The van der Waals surface area contributed by atoms with E-state index in [1.165, 1.54) is 0 Å². The molecule has 14 heavy (non-hydrogen) atoms. The number of esters is 1. The van der Waals surface area contributed by atoms with Crippen molar-refractivity contribution < 1.29 is 14.3 Å². The Morgan fingerprint density at radius 1 is 1.57 bits per heavy atom. The van der Waals surface area contributed by atoms with Gasteiger partial charge in [-0.15, -0.1) is 0 Å².